The summed E-state index contributed by atoms with van der Waals surface area (Å²) in [6, 6.07) is 6.16. The summed E-state index contributed by atoms with van der Waals surface area (Å²) in [7, 11) is 0. The van der Waals surface area contributed by atoms with Crippen molar-refractivity contribution >= 4 is 0 Å². The fraction of sp³-hybridized carbons (Fsp3) is 0.625. The Labute approximate surface area is 121 Å². The lowest BCUT2D eigenvalue weighted by molar-refractivity contribution is 0.174. The lowest BCUT2D eigenvalue weighted by Crippen LogP contribution is -2.32. The second-order valence-corrected chi connectivity index (χ2v) is 5.62. The number of nitrogens with zero attached hydrogens (tertiary/aromatic N) is 1. The van der Waals surface area contributed by atoms with Crippen molar-refractivity contribution in [3.8, 4) is 11.5 Å². The molecule has 0 atom stereocenters. The number of ether oxygens (including phenoxy) is 2. The Balaban J connectivity index is 1.33. The molecule has 0 bridgehead atoms. The highest BCUT2D eigenvalue weighted by Crippen LogP contribution is 2.32. The van der Waals surface area contributed by atoms with E-state index in [0.717, 1.165) is 24.6 Å². The van der Waals surface area contributed by atoms with E-state index in [-0.39, 0.29) is 0 Å². The van der Waals surface area contributed by atoms with Gasteiger partial charge in [-0.1, -0.05) is 12.5 Å². The molecule has 4 heteroatoms. The molecule has 2 aliphatic rings. The Bertz CT molecular complexity index is 430. The Morgan fingerprint density at radius 1 is 1.05 bits per heavy atom. The van der Waals surface area contributed by atoms with Gasteiger partial charge in [-0.2, -0.15) is 0 Å². The molecular formula is C16H24N2O2. The first-order valence-corrected chi connectivity index (χ1v) is 7.73. The zero-order chi connectivity index (χ0) is 13.6. The van der Waals surface area contributed by atoms with Crippen LogP contribution < -0.4 is 14.8 Å². The van der Waals surface area contributed by atoms with E-state index < -0.39 is 0 Å². The molecule has 0 aliphatic carbocycles. The fourth-order valence-electron chi connectivity index (χ4n) is 2.89. The van der Waals surface area contributed by atoms with E-state index in [4.69, 9.17) is 9.47 Å². The van der Waals surface area contributed by atoms with Crippen LogP contribution >= 0.6 is 0 Å². The summed E-state index contributed by atoms with van der Waals surface area (Å²) in [5.74, 6) is 1.73. The average molecular weight is 276 g/mol. The van der Waals surface area contributed by atoms with Gasteiger partial charge in [0.1, 0.15) is 0 Å². The zero-order valence-corrected chi connectivity index (χ0v) is 12.1. The number of hydrogen-bond acceptors (Lipinski definition) is 4. The topological polar surface area (TPSA) is 33.7 Å². The normalized spacial score (nSPS) is 18.4. The van der Waals surface area contributed by atoms with Gasteiger partial charge in [-0.25, -0.2) is 0 Å². The van der Waals surface area contributed by atoms with Crippen molar-refractivity contribution in [1.29, 1.82) is 0 Å². The molecule has 2 aliphatic heterocycles. The van der Waals surface area contributed by atoms with Gasteiger partial charge < -0.3 is 19.7 Å². The minimum Gasteiger partial charge on any atom is -0.454 e. The Kier molecular flexibility index (Phi) is 4.77. The third kappa shape index (κ3) is 3.64. The molecule has 1 saturated heterocycles. The first-order valence-electron chi connectivity index (χ1n) is 7.73. The van der Waals surface area contributed by atoms with Crippen LogP contribution in [-0.4, -0.2) is 37.9 Å². The quantitative estimate of drug-likeness (QED) is 0.809. The predicted molar refractivity (Wildman–Crippen MR) is 79.2 cm³/mol. The van der Waals surface area contributed by atoms with E-state index in [2.05, 4.69) is 22.3 Å². The Morgan fingerprint density at radius 2 is 1.90 bits per heavy atom. The second kappa shape index (κ2) is 6.95. The van der Waals surface area contributed by atoms with Crippen LogP contribution in [-0.2, 0) is 6.54 Å². The van der Waals surface area contributed by atoms with Crippen LogP contribution in [0, 0.1) is 0 Å². The van der Waals surface area contributed by atoms with Crippen molar-refractivity contribution < 1.29 is 9.47 Å². The largest absolute Gasteiger partial charge is 0.454 e. The molecule has 0 spiro atoms. The molecule has 0 aromatic heterocycles. The third-order valence-electron chi connectivity index (χ3n) is 4.04. The van der Waals surface area contributed by atoms with E-state index in [1.807, 2.05) is 6.07 Å². The van der Waals surface area contributed by atoms with Gasteiger partial charge in [0, 0.05) is 6.54 Å². The number of benzene rings is 1. The second-order valence-electron chi connectivity index (χ2n) is 5.62. The van der Waals surface area contributed by atoms with Gasteiger partial charge in [0.05, 0.1) is 0 Å². The van der Waals surface area contributed by atoms with Gasteiger partial charge >= 0.3 is 0 Å². The number of likely N-dealkylation sites (tertiary alicyclic amines) is 1. The summed E-state index contributed by atoms with van der Waals surface area (Å²) in [5.41, 5.74) is 1.26. The minimum atomic E-state index is 0.349. The summed E-state index contributed by atoms with van der Waals surface area (Å²) < 4.78 is 10.7. The maximum atomic E-state index is 5.39. The molecule has 1 aromatic carbocycles. The van der Waals surface area contributed by atoms with E-state index in [9.17, 15) is 0 Å². The summed E-state index contributed by atoms with van der Waals surface area (Å²) in [6.45, 7) is 6.14. The van der Waals surface area contributed by atoms with Gasteiger partial charge in [0.2, 0.25) is 6.79 Å². The van der Waals surface area contributed by atoms with E-state index >= 15 is 0 Å². The lowest BCUT2D eigenvalue weighted by atomic mass is 10.1. The van der Waals surface area contributed by atoms with Gasteiger partial charge in [-0.15, -0.1) is 0 Å². The molecule has 110 valence electrons. The summed E-state index contributed by atoms with van der Waals surface area (Å²) in [6.07, 6.45) is 5.40. The van der Waals surface area contributed by atoms with E-state index in [1.54, 1.807) is 0 Å². The molecule has 0 unspecified atom stereocenters. The number of fused-ring (bicyclic) bond motifs is 1. The maximum Gasteiger partial charge on any atom is 0.231 e. The van der Waals surface area contributed by atoms with Crippen molar-refractivity contribution in [3.63, 3.8) is 0 Å². The highest BCUT2D eigenvalue weighted by atomic mass is 16.7. The summed E-state index contributed by atoms with van der Waals surface area (Å²) in [4.78, 5) is 2.59. The van der Waals surface area contributed by atoms with Crippen molar-refractivity contribution in [2.75, 3.05) is 33.0 Å². The molecule has 4 nitrogen and oxygen atoms in total. The summed E-state index contributed by atoms with van der Waals surface area (Å²) >= 11 is 0. The van der Waals surface area contributed by atoms with Crippen LogP contribution in [0.4, 0.5) is 0 Å². The zero-order valence-electron chi connectivity index (χ0n) is 12.1. The SMILES string of the molecule is c1cc2c(cc1CNCCCN1CCCCC1)OCO2. The van der Waals surface area contributed by atoms with Crippen LogP contribution in [0.15, 0.2) is 18.2 Å². The average Bonchev–Trinajstić information content (AvgIpc) is 2.95. The van der Waals surface area contributed by atoms with Crippen molar-refractivity contribution in [1.82, 2.24) is 10.2 Å². The van der Waals surface area contributed by atoms with Crippen molar-refractivity contribution in [2.24, 2.45) is 0 Å². The summed E-state index contributed by atoms with van der Waals surface area (Å²) in [5, 5.41) is 3.51. The minimum absolute atomic E-state index is 0.349. The fourth-order valence-corrected chi connectivity index (χ4v) is 2.89. The third-order valence-corrected chi connectivity index (χ3v) is 4.04. The van der Waals surface area contributed by atoms with Gasteiger partial charge in [0.25, 0.3) is 0 Å². The van der Waals surface area contributed by atoms with E-state index in [1.165, 1.54) is 50.9 Å². The molecular weight excluding hydrogens is 252 g/mol. The molecule has 0 saturated carbocycles. The van der Waals surface area contributed by atoms with Crippen molar-refractivity contribution in [2.45, 2.75) is 32.2 Å². The smallest absolute Gasteiger partial charge is 0.231 e. The van der Waals surface area contributed by atoms with Gasteiger partial charge in [-0.3, -0.25) is 0 Å². The monoisotopic (exact) mass is 276 g/mol. The Morgan fingerprint density at radius 3 is 2.80 bits per heavy atom. The first kappa shape index (κ1) is 13.7. The van der Waals surface area contributed by atoms with Crippen LogP contribution in [0.5, 0.6) is 11.5 Å². The van der Waals surface area contributed by atoms with E-state index in [0.29, 0.717) is 6.79 Å². The first-order chi connectivity index (χ1) is 9.92. The lowest BCUT2D eigenvalue weighted by Gasteiger charge is -2.26. The number of rotatable bonds is 6. The highest BCUT2D eigenvalue weighted by molar-refractivity contribution is 5.44. The number of piperidine rings is 1. The van der Waals surface area contributed by atoms with Crippen LogP contribution in [0.1, 0.15) is 31.2 Å². The predicted octanol–water partition coefficient (Wildman–Crippen LogP) is 2.38. The molecule has 3 rings (SSSR count). The molecule has 20 heavy (non-hydrogen) atoms. The standard InChI is InChI=1S/C16H24N2O2/c1-2-8-18(9-3-1)10-4-7-17-12-14-5-6-15-16(11-14)20-13-19-15/h5-6,11,17H,1-4,7-10,12-13H2. The van der Waals surface area contributed by atoms with Crippen LogP contribution in [0.2, 0.25) is 0 Å². The van der Waals surface area contributed by atoms with Crippen molar-refractivity contribution in [3.05, 3.63) is 23.8 Å². The molecule has 0 radical (unpaired) electrons. The Hall–Kier alpha value is -1.26. The molecule has 1 fully saturated rings. The van der Waals surface area contributed by atoms with Crippen LogP contribution in [0.25, 0.3) is 0 Å². The molecule has 0 amide bonds. The van der Waals surface area contributed by atoms with Crippen LogP contribution in [0.3, 0.4) is 0 Å². The number of hydrogen-bond donors (Lipinski definition) is 1. The molecule has 1 aromatic rings. The maximum absolute atomic E-state index is 5.39. The van der Waals surface area contributed by atoms with Gasteiger partial charge in [0.15, 0.2) is 11.5 Å². The van der Waals surface area contributed by atoms with Gasteiger partial charge in [-0.05, 0) is 63.1 Å². The number of nitrogens with one attached hydrogen (secondary N) is 1. The molecule has 1 N–H and O–H groups in total. The molecule has 2 heterocycles. The highest BCUT2D eigenvalue weighted by Gasteiger charge is 2.13.